The van der Waals surface area contributed by atoms with E-state index in [-0.39, 0.29) is 5.82 Å². The lowest BCUT2D eigenvalue weighted by Crippen LogP contribution is -2.33. The predicted octanol–water partition coefficient (Wildman–Crippen LogP) is 4.75. The summed E-state index contributed by atoms with van der Waals surface area (Å²) in [4.78, 5) is 0. The summed E-state index contributed by atoms with van der Waals surface area (Å²) in [5.74, 6) is 0.720. The van der Waals surface area contributed by atoms with Gasteiger partial charge >= 0.3 is 0 Å². The van der Waals surface area contributed by atoms with Crippen LogP contribution in [0.3, 0.4) is 0 Å². The van der Waals surface area contributed by atoms with E-state index < -0.39 is 0 Å². The summed E-state index contributed by atoms with van der Waals surface area (Å²) in [6, 6.07) is 5.60. The van der Waals surface area contributed by atoms with Crippen molar-refractivity contribution in [3.63, 3.8) is 0 Å². The van der Waals surface area contributed by atoms with Crippen LogP contribution in [0.4, 0.5) is 4.39 Å². The number of nitrogens with one attached hydrogen (secondary N) is 1. The Morgan fingerprint density at radius 3 is 2.74 bits per heavy atom. The van der Waals surface area contributed by atoms with E-state index in [1.54, 1.807) is 0 Å². The first-order valence-corrected chi connectivity index (χ1v) is 7.64. The molecule has 1 aromatic carbocycles. The molecule has 0 aliphatic heterocycles. The average Bonchev–Trinajstić information content (AvgIpc) is 2.37. The average molecular weight is 284 g/mol. The smallest absolute Gasteiger partial charge is 0.128 e. The number of rotatable bonds is 4. The van der Waals surface area contributed by atoms with Crippen molar-refractivity contribution in [1.29, 1.82) is 0 Å². The lowest BCUT2D eigenvalue weighted by molar-refractivity contribution is 0.284. The summed E-state index contributed by atoms with van der Waals surface area (Å²) in [7, 11) is 0. The molecule has 0 saturated heterocycles. The second-order valence-electron chi connectivity index (χ2n) is 5.88. The fraction of sp³-hybridized carbons (Fsp3) is 0.625. The summed E-state index contributed by atoms with van der Waals surface area (Å²) in [6.07, 6.45) is 4.73. The SMILES string of the molecule is CC(C)NCC1CCCCC1c1ccc(Cl)cc1F. The van der Waals surface area contributed by atoms with Gasteiger partial charge in [-0.3, -0.25) is 0 Å². The molecule has 1 N–H and O–H groups in total. The molecule has 1 aliphatic rings. The summed E-state index contributed by atoms with van der Waals surface area (Å²) in [6.45, 7) is 5.28. The third-order valence-corrected chi connectivity index (χ3v) is 4.29. The summed E-state index contributed by atoms with van der Waals surface area (Å²) in [5, 5.41) is 3.98. The van der Waals surface area contributed by atoms with Crippen molar-refractivity contribution in [3.8, 4) is 0 Å². The molecule has 1 saturated carbocycles. The third-order valence-electron chi connectivity index (χ3n) is 4.06. The van der Waals surface area contributed by atoms with E-state index in [1.165, 1.54) is 25.3 Å². The minimum Gasteiger partial charge on any atom is -0.314 e. The van der Waals surface area contributed by atoms with E-state index in [2.05, 4.69) is 19.2 Å². The molecule has 1 fully saturated rings. The zero-order chi connectivity index (χ0) is 13.8. The van der Waals surface area contributed by atoms with E-state index in [9.17, 15) is 4.39 Å². The number of hydrogen-bond acceptors (Lipinski definition) is 1. The van der Waals surface area contributed by atoms with E-state index in [4.69, 9.17) is 11.6 Å². The van der Waals surface area contributed by atoms with Gasteiger partial charge in [-0.15, -0.1) is 0 Å². The minimum absolute atomic E-state index is 0.144. The fourth-order valence-electron chi connectivity index (χ4n) is 3.05. The number of benzene rings is 1. The second-order valence-corrected chi connectivity index (χ2v) is 6.32. The number of halogens is 2. The number of hydrogen-bond donors (Lipinski definition) is 1. The standard InChI is InChI=1S/C16H23ClFN/c1-11(2)19-10-12-5-3-4-6-14(12)15-8-7-13(17)9-16(15)18/h7-9,11-12,14,19H,3-6,10H2,1-2H3. The van der Waals surface area contributed by atoms with Crippen molar-refractivity contribution >= 4 is 11.6 Å². The van der Waals surface area contributed by atoms with Crippen LogP contribution in [-0.2, 0) is 0 Å². The first kappa shape index (κ1) is 14.8. The van der Waals surface area contributed by atoms with Crippen LogP contribution in [0.2, 0.25) is 5.02 Å². The summed E-state index contributed by atoms with van der Waals surface area (Å²) >= 11 is 5.84. The molecule has 1 aromatic rings. The van der Waals surface area contributed by atoms with Gasteiger partial charge in [0, 0.05) is 11.1 Å². The Morgan fingerprint density at radius 1 is 1.32 bits per heavy atom. The van der Waals surface area contributed by atoms with Crippen molar-refractivity contribution in [2.75, 3.05) is 6.54 Å². The highest BCUT2D eigenvalue weighted by molar-refractivity contribution is 6.30. The highest BCUT2D eigenvalue weighted by atomic mass is 35.5. The molecule has 3 heteroatoms. The van der Waals surface area contributed by atoms with E-state index in [0.717, 1.165) is 18.5 Å². The molecule has 2 rings (SSSR count). The van der Waals surface area contributed by atoms with Crippen LogP contribution < -0.4 is 5.32 Å². The van der Waals surface area contributed by atoms with Crippen LogP contribution in [0.1, 0.15) is 51.0 Å². The van der Waals surface area contributed by atoms with Crippen LogP contribution in [0, 0.1) is 11.7 Å². The predicted molar refractivity (Wildman–Crippen MR) is 79.2 cm³/mol. The maximum absolute atomic E-state index is 14.1. The van der Waals surface area contributed by atoms with Crippen molar-refractivity contribution in [2.45, 2.75) is 51.5 Å². The van der Waals surface area contributed by atoms with Gasteiger partial charge in [-0.25, -0.2) is 4.39 Å². The zero-order valence-corrected chi connectivity index (χ0v) is 12.5. The minimum atomic E-state index is -0.144. The van der Waals surface area contributed by atoms with Gasteiger partial charge in [0.05, 0.1) is 0 Å². The van der Waals surface area contributed by atoms with E-state index >= 15 is 0 Å². The highest BCUT2D eigenvalue weighted by Crippen LogP contribution is 2.39. The van der Waals surface area contributed by atoms with Gasteiger partial charge in [0.25, 0.3) is 0 Å². The molecule has 2 atom stereocenters. The van der Waals surface area contributed by atoms with Gasteiger partial charge < -0.3 is 5.32 Å². The first-order valence-electron chi connectivity index (χ1n) is 7.26. The Balaban J connectivity index is 2.14. The van der Waals surface area contributed by atoms with Gasteiger partial charge in [0.15, 0.2) is 0 Å². The largest absolute Gasteiger partial charge is 0.314 e. The Bertz CT molecular complexity index is 419. The highest BCUT2D eigenvalue weighted by Gasteiger charge is 2.28. The fourth-order valence-corrected chi connectivity index (χ4v) is 3.21. The maximum Gasteiger partial charge on any atom is 0.128 e. The Kier molecular flexibility index (Phi) is 5.23. The van der Waals surface area contributed by atoms with E-state index in [0.29, 0.717) is 22.9 Å². The lowest BCUT2D eigenvalue weighted by atomic mass is 9.75. The van der Waals surface area contributed by atoms with Gasteiger partial charge in [-0.05, 0) is 48.9 Å². The molecule has 19 heavy (non-hydrogen) atoms. The molecular weight excluding hydrogens is 261 g/mol. The topological polar surface area (TPSA) is 12.0 Å². The molecule has 0 radical (unpaired) electrons. The van der Waals surface area contributed by atoms with Crippen LogP contribution in [0.25, 0.3) is 0 Å². The van der Waals surface area contributed by atoms with Crippen molar-refractivity contribution in [2.24, 2.45) is 5.92 Å². The molecule has 0 spiro atoms. The van der Waals surface area contributed by atoms with Crippen molar-refractivity contribution in [3.05, 3.63) is 34.6 Å². The Morgan fingerprint density at radius 2 is 2.05 bits per heavy atom. The maximum atomic E-state index is 14.1. The second kappa shape index (κ2) is 6.71. The lowest BCUT2D eigenvalue weighted by Gasteiger charge is -2.33. The molecule has 0 bridgehead atoms. The van der Waals surface area contributed by atoms with Gasteiger partial charge in [-0.1, -0.05) is 44.4 Å². The van der Waals surface area contributed by atoms with Crippen molar-refractivity contribution < 1.29 is 4.39 Å². The molecule has 2 unspecified atom stereocenters. The van der Waals surface area contributed by atoms with Gasteiger partial charge in [0.2, 0.25) is 0 Å². The molecular formula is C16H23ClFN. The Labute approximate surface area is 120 Å². The monoisotopic (exact) mass is 283 g/mol. The van der Waals surface area contributed by atoms with Gasteiger partial charge in [-0.2, -0.15) is 0 Å². The molecule has 0 amide bonds. The quantitative estimate of drug-likeness (QED) is 0.841. The van der Waals surface area contributed by atoms with E-state index in [1.807, 2.05) is 12.1 Å². The van der Waals surface area contributed by atoms with Crippen LogP contribution >= 0.6 is 11.6 Å². The van der Waals surface area contributed by atoms with Crippen LogP contribution in [-0.4, -0.2) is 12.6 Å². The summed E-state index contributed by atoms with van der Waals surface area (Å²) < 4.78 is 14.1. The van der Waals surface area contributed by atoms with Crippen LogP contribution in [0.15, 0.2) is 18.2 Å². The molecule has 0 heterocycles. The first-order chi connectivity index (χ1) is 9.08. The molecule has 1 aliphatic carbocycles. The Hall–Kier alpha value is -0.600. The molecule has 0 aromatic heterocycles. The van der Waals surface area contributed by atoms with Gasteiger partial charge in [0.1, 0.15) is 5.82 Å². The third kappa shape index (κ3) is 3.93. The van der Waals surface area contributed by atoms with Crippen molar-refractivity contribution in [1.82, 2.24) is 5.32 Å². The van der Waals surface area contributed by atoms with Crippen LogP contribution in [0.5, 0.6) is 0 Å². The normalized spacial score (nSPS) is 23.8. The molecule has 106 valence electrons. The summed E-state index contributed by atoms with van der Waals surface area (Å²) in [5.41, 5.74) is 0.847. The zero-order valence-electron chi connectivity index (χ0n) is 11.8. The molecule has 1 nitrogen and oxygen atoms in total.